The molecule has 26 heavy (non-hydrogen) atoms. The van der Waals surface area contributed by atoms with E-state index in [-0.39, 0.29) is 29.9 Å². The van der Waals surface area contributed by atoms with Crippen LogP contribution in [0.15, 0.2) is 4.52 Å². The second-order valence-electron chi connectivity index (χ2n) is 7.15. The summed E-state index contributed by atoms with van der Waals surface area (Å²) in [5, 5.41) is 3.86. The van der Waals surface area contributed by atoms with Gasteiger partial charge in [-0.2, -0.15) is 0 Å². The van der Waals surface area contributed by atoms with Gasteiger partial charge in [0.05, 0.1) is 35.7 Å². The van der Waals surface area contributed by atoms with Crippen molar-refractivity contribution in [3.05, 3.63) is 17.0 Å². The average molecular weight is 384 g/mol. The van der Waals surface area contributed by atoms with E-state index < -0.39 is 21.9 Å². The standard InChI is InChI=1S/C16H24N4O5S/c1-10-12(11(2)25-17-10)7-15(21)19-5-6-20(16(22)18(3)4)14-9-26(23,24)8-13(14)19/h13-14H,5-9H2,1-4H3/t13-,14+/m0/s1. The zero-order chi connectivity index (χ0) is 19.2. The first kappa shape index (κ1) is 18.7. The topological polar surface area (TPSA) is 104 Å². The fraction of sp³-hybridized carbons (Fsp3) is 0.688. The monoisotopic (exact) mass is 384 g/mol. The highest BCUT2D eigenvalue weighted by Crippen LogP contribution is 2.28. The van der Waals surface area contributed by atoms with E-state index in [1.54, 1.807) is 37.7 Å². The Morgan fingerprint density at radius 2 is 1.73 bits per heavy atom. The number of amides is 3. The lowest BCUT2D eigenvalue weighted by molar-refractivity contribution is -0.135. The molecule has 0 saturated carbocycles. The van der Waals surface area contributed by atoms with Gasteiger partial charge in [-0.25, -0.2) is 13.2 Å². The Morgan fingerprint density at radius 1 is 1.15 bits per heavy atom. The Kier molecular flexibility index (Phi) is 4.72. The first-order valence-electron chi connectivity index (χ1n) is 8.50. The first-order chi connectivity index (χ1) is 12.1. The quantitative estimate of drug-likeness (QED) is 0.701. The molecule has 9 nitrogen and oxygen atoms in total. The number of fused-ring (bicyclic) bond motifs is 1. The summed E-state index contributed by atoms with van der Waals surface area (Å²) < 4.78 is 29.5. The number of aromatic nitrogens is 1. The smallest absolute Gasteiger partial charge is 0.319 e. The van der Waals surface area contributed by atoms with Crippen molar-refractivity contribution in [1.82, 2.24) is 19.9 Å². The van der Waals surface area contributed by atoms with Gasteiger partial charge < -0.3 is 19.2 Å². The van der Waals surface area contributed by atoms with Crippen LogP contribution in [-0.2, 0) is 21.1 Å². The van der Waals surface area contributed by atoms with Gasteiger partial charge in [0.25, 0.3) is 0 Å². The number of piperazine rings is 1. The summed E-state index contributed by atoms with van der Waals surface area (Å²) in [6.07, 6.45) is 0.117. The highest BCUT2D eigenvalue weighted by Gasteiger charge is 2.49. The second-order valence-corrected chi connectivity index (χ2v) is 9.30. The molecular weight excluding hydrogens is 360 g/mol. The summed E-state index contributed by atoms with van der Waals surface area (Å²) in [6, 6.07) is -1.24. The van der Waals surface area contributed by atoms with E-state index >= 15 is 0 Å². The molecule has 0 aromatic carbocycles. The number of urea groups is 1. The van der Waals surface area contributed by atoms with Crippen LogP contribution in [-0.4, -0.2) is 91.0 Å². The predicted octanol–water partition coefficient (Wildman–Crippen LogP) is -0.175. The van der Waals surface area contributed by atoms with Crippen molar-refractivity contribution in [2.24, 2.45) is 0 Å². The predicted molar refractivity (Wildman–Crippen MR) is 93.4 cm³/mol. The molecule has 0 bridgehead atoms. The van der Waals surface area contributed by atoms with Gasteiger partial charge in [0, 0.05) is 32.7 Å². The number of carbonyl (C=O) groups excluding carboxylic acids is 2. The van der Waals surface area contributed by atoms with Crippen LogP contribution in [0.5, 0.6) is 0 Å². The Labute approximate surface area is 152 Å². The number of hydrogen-bond donors (Lipinski definition) is 0. The van der Waals surface area contributed by atoms with E-state index in [1.807, 2.05) is 0 Å². The molecule has 0 N–H and O–H groups in total. The van der Waals surface area contributed by atoms with Crippen molar-refractivity contribution in [3.8, 4) is 0 Å². The van der Waals surface area contributed by atoms with Crippen LogP contribution in [0.4, 0.5) is 4.79 Å². The van der Waals surface area contributed by atoms with Crippen molar-refractivity contribution in [3.63, 3.8) is 0 Å². The number of aryl methyl sites for hydroxylation is 2. The highest BCUT2D eigenvalue weighted by molar-refractivity contribution is 7.91. The van der Waals surface area contributed by atoms with Gasteiger partial charge in [-0.3, -0.25) is 4.79 Å². The molecular formula is C16H24N4O5S. The molecule has 10 heteroatoms. The van der Waals surface area contributed by atoms with Crippen molar-refractivity contribution in [1.29, 1.82) is 0 Å². The maximum atomic E-state index is 12.9. The lowest BCUT2D eigenvalue weighted by atomic mass is 10.0. The minimum Gasteiger partial charge on any atom is -0.361 e. The number of sulfone groups is 1. The lowest BCUT2D eigenvalue weighted by Gasteiger charge is -2.44. The highest BCUT2D eigenvalue weighted by atomic mass is 32.2. The van der Waals surface area contributed by atoms with Crippen LogP contribution in [0.1, 0.15) is 17.0 Å². The van der Waals surface area contributed by atoms with Crippen LogP contribution < -0.4 is 0 Å². The van der Waals surface area contributed by atoms with Gasteiger partial charge in [-0.1, -0.05) is 5.16 Å². The van der Waals surface area contributed by atoms with Gasteiger partial charge in [-0.15, -0.1) is 0 Å². The van der Waals surface area contributed by atoms with Crippen LogP contribution in [0, 0.1) is 13.8 Å². The molecule has 0 radical (unpaired) electrons. The van der Waals surface area contributed by atoms with Gasteiger partial charge in [-0.05, 0) is 13.8 Å². The summed E-state index contributed by atoms with van der Waals surface area (Å²) in [4.78, 5) is 29.9. The molecule has 2 fully saturated rings. The Balaban J connectivity index is 1.84. The first-order valence-corrected chi connectivity index (χ1v) is 10.3. The molecule has 2 atom stereocenters. The second kappa shape index (κ2) is 6.57. The van der Waals surface area contributed by atoms with E-state index in [4.69, 9.17) is 4.52 Å². The van der Waals surface area contributed by atoms with Gasteiger partial charge in [0.15, 0.2) is 9.84 Å². The minimum absolute atomic E-state index is 0.105. The molecule has 1 aromatic rings. The third-order valence-corrected chi connectivity index (χ3v) is 6.83. The summed E-state index contributed by atoms with van der Waals surface area (Å²) in [5.41, 5.74) is 1.40. The average Bonchev–Trinajstić information content (AvgIpc) is 3.05. The molecule has 0 unspecified atom stereocenters. The van der Waals surface area contributed by atoms with E-state index in [2.05, 4.69) is 5.16 Å². The van der Waals surface area contributed by atoms with Crippen molar-refractivity contribution >= 4 is 21.8 Å². The van der Waals surface area contributed by atoms with Gasteiger partial charge in [0.2, 0.25) is 5.91 Å². The molecule has 1 aromatic heterocycles. The van der Waals surface area contributed by atoms with Crippen molar-refractivity contribution < 1.29 is 22.5 Å². The fourth-order valence-corrected chi connectivity index (χ4v) is 5.75. The van der Waals surface area contributed by atoms with E-state index in [9.17, 15) is 18.0 Å². The molecule has 2 saturated heterocycles. The summed E-state index contributed by atoms with van der Waals surface area (Å²) in [5.74, 6) is 0.213. The van der Waals surface area contributed by atoms with Crippen LogP contribution in [0.3, 0.4) is 0 Å². The lowest BCUT2D eigenvalue weighted by Crippen LogP contribution is -2.63. The van der Waals surface area contributed by atoms with Crippen LogP contribution in [0.25, 0.3) is 0 Å². The Bertz CT molecular complexity index is 812. The SMILES string of the molecule is Cc1noc(C)c1CC(=O)N1CCN(C(=O)N(C)C)[C@@H]2CS(=O)(=O)C[C@@H]21. The molecule has 144 valence electrons. The number of nitrogens with zero attached hydrogens (tertiary/aromatic N) is 4. The van der Waals surface area contributed by atoms with E-state index in [0.717, 1.165) is 5.56 Å². The summed E-state index contributed by atoms with van der Waals surface area (Å²) in [6.45, 7) is 4.16. The molecule has 0 spiro atoms. The normalized spacial score (nSPS) is 24.5. The van der Waals surface area contributed by atoms with Gasteiger partial charge >= 0.3 is 6.03 Å². The minimum atomic E-state index is -3.30. The molecule has 3 rings (SSSR count). The molecule has 2 aliphatic rings. The maximum Gasteiger partial charge on any atom is 0.319 e. The summed E-state index contributed by atoms with van der Waals surface area (Å²) in [7, 11) is -0.0335. The van der Waals surface area contributed by atoms with E-state index in [0.29, 0.717) is 24.5 Å². The third kappa shape index (κ3) is 3.29. The Morgan fingerprint density at radius 3 is 2.27 bits per heavy atom. The number of hydrogen-bond acceptors (Lipinski definition) is 6. The molecule has 0 aliphatic carbocycles. The van der Waals surface area contributed by atoms with Crippen LogP contribution in [0.2, 0.25) is 0 Å². The maximum absolute atomic E-state index is 12.9. The zero-order valence-electron chi connectivity index (χ0n) is 15.4. The van der Waals surface area contributed by atoms with Crippen molar-refractivity contribution in [2.45, 2.75) is 32.4 Å². The third-order valence-electron chi connectivity index (χ3n) is 5.13. The van der Waals surface area contributed by atoms with E-state index in [1.165, 1.54) is 4.90 Å². The number of carbonyl (C=O) groups is 2. The Hall–Kier alpha value is -2.10. The zero-order valence-corrected chi connectivity index (χ0v) is 16.2. The molecule has 2 aliphatic heterocycles. The largest absolute Gasteiger partial charge is 0.361 e. The van der Waals surface area contributed by atoms with Gasteiger partial charge in [0.1, 0.15) is 5.76 Å². The fourth-order valence-electron chi connectivity index (χ4n) is 3.76. The molecule has 3 heterocycles. The van der Waals surface area contributed by atoms with Crippen molar-refractivity contribution in [2.75, 3.05) is 38.7 Å². The molecule has 3 amide bonds. The van der Waals surface area contributed by atoms with Crippen LogP contribution >= 0.6 is 0 Å². The summed E-state index contributed by atoms with van der Waals surface area (Å²) >= 11 is 0. The number of rotatable bonds is 2.